The van der Waals surface area contributed by atoms with E-state index in [1.54, 1.807) is 13.3 Å². The lowest BCUT2D eigenvalue weighted by atomic mass is 10.2. The summed E-state index contributed by atoms with van der Waals surface area (Å²) in [5.74, 6) is 0.705. The number of unbranched alkanes of at least 4 members (excludes halogenated alkanes) is 4. The molecule has 2 aromatic rings. The number of benzene rings is 1. The number of allylic oxidation sites excluding steroid dienone is 2. The number of aliphatic hydroxyl groups is 1. The normalized spacial score (nSPS) is 10.3. The molecule has 196 valence electrons. The molecule has 2 rings (SSSR count). The molecular weight excluding hydrogens is 442 g/mol. The monoisotopic (exact) mass is 487 g/mol. The molecule has 0 unspecified atom stereocenters. The number of aromatic amines is 1. The van der Waals surface area contributed by atoms with Crippen molar-refractivity contribution in [2.45, 2.75) is 59.3 Å². The van der Waals surface area contributed by atoms with Crippen LogP contribution in [0.5, 0.6) is 5.75 Å². The van der Waals surface area contributed by atoms with E-state index in [-0.39, 0.29) is 5.76 Å². The third kappa shape index (κ3) is 19.8. The van der Waals surface area contributed by atoms with Gasteiger partial charge in [-0.1, -0.05) is 59.5 Å². The molecule has 0 aliphatic heterocycles. The number of nitrogens with zero attached hydrogens (tertiary/aromatic N) is 2. The Morgan fingerprint density at radius 1 is 1.17 bits per heavy atom. The molecule has 0 amide bonds. The van der Waals surface area contributed by atoms with Crippen LogP contribution in [-0.4, -0.2) is 49.6 Å². The summed E-state index contributed by atoms with van der Waals surface area (Å²) < 4.78 is 5.16. The number of methoxy groups -OCH3 is 1. The Hall–Kier alpha value is -3.39. The van der Waals surface area contributed by atoms with E-state index in [0.29, 0.717) is 6.29 Å². The molecule has 0 atom stereocenters. The van der Waals surface area contributed by atoms with Gasteiger partial charge in [-0.25, -0.2) is 0 Å². The van der Waals surface area contributed by atoms with E-state index < -0.39 is 0 Å². The van der Waals surface area contributed by atoms with Gasteiger partial charge < -0.3 is 25.9 Å². The number of nitrogens with two attached hydrogens (primary N) is 1. The fourth-order valence-corrected chi connectivity index (χ4v) is 2.54. The van der Waals surface area contributed by atoms with Gasteiger partial charge >= 0.3 is 0 Å². The van der Waals surface area contributed by atoms with Crippen LogP contribution in [0.2, 0.25) is 0 Å². The Balaban J connectivity index is 0. The summed E-state index contributed by atoms with van der Waals surface area (Å²) in [5.41, 5.74) is 7.06. The summed E-state index contributed by atoms with van der Waals surface area (Å²) in [6.45, 7) is 10.9. The number of aromatic nitrogens is 1. The zero-order valence-corrected chi connectivity index (χ0v) is 22.1. The van der Waals surface area contributed by atoms with Crippen LogP contribution in [0, 0.1) is 0 Å². The maximum absolute atomic E-state index is 9.47. The smallest absolute Gasteiger partial charge is 0.142 e. The number of H-pyrrole nitrogens is 1. The van der Waals surface area contributed by atoms with Crippen LogP contribution in [0.3, 0.4) is 0 Å². The standard InChI is InChI=1S/C11H12N4O.C6H15N.C5H6O2.C5H12/c1-16-9-2-3-11-10(4-9)8(5-13-11)6-14-15-7-12;1-3-4-5-6-7-2;1-5(7)3-2-4-6;1-3-5-4-2/h2-7,13H,1H3,(H2,12,15);7H,3-6H2,1-2H3;2-4,7H,1H2;3-5H2,1-2H3/b14-6+;;3-2+;. The molecule has 1 aromatic heterocycles. The summed E-state index contributed by atoms with van der Waals surface area (Å²) in [6.07, 6.45) is 15.7. The quantitative estimate of drug-likeness (QED) is 0.0459. The lowest BCUT2D eigenvalue weighted by Gasteiger charge is -1.98. The summed E-state index contributed by atoms with van der Waals surface area (Å²) in [7, 11) is 3.63. The molecule has 5 N–H and O–H groups in total. The second-order valence-electron chi connectivity index (χ2n) is 7.32. The number of aldehydes is 1. The second kappa shape index (κ2) is 25.2. The lowest BCUT2D eigenvalue weighted by molar-refractivity contribution is -0.104. The third-order valence-corrected chi connectivity index (χ3v) is 4.36. The first-order chi connectivity index (χ1) is 16.9. The average molecular weight is 488 g/mol. The van der Waals surface area contributed by atoms with Crippen molar-refractivity contribution in [3.63, 3.8) is 0 Å². The number of nitrogens with one attached hydrogen (secondary N) is 2. The van der Waals surface area contributed by atoms with E-state index in [2.05, 4.69) is 47.9 Å². The van der Waals surface area contributed by atoms with Crippen LogP contribution in [-0.2, 0) is 4.79 Å². The van der Waals surface area contributed by atoms with Crippen LogP contribution >= 0.6 is 0 Å². The van der Waals surface area contributed by atoms with Gasteiger partial charge in [0.1, 0.15) is 24.1 Å². The van der Waals surface area contributed by atoms with Crippen molar-refractivity contribution >= 4 is 29.7 Å². The van der Waals surface area contributed by atoms with Gasteiger partial charge in [0.05, 0.1) is 13.3 Å². The molecule has 35 heavy (non-hydrogen) atoms. The minimum atomic E-state index is -0.105. The molecule has 0 bridgehead atoms. The van der Waals surface area contributed by atoms with Gasteiger partial charge in [-0.05, 0) is 50.4 Å². The summed E-state index contributed by atoms with van der Waals surface area (Å²) in [6, 6.07) is 5.80. The van der Waals surface area contributed by atoms with E-state index in [4.69, 9.17) is 15.6 Å². The van der Waals surface area contributed by atoms with Crippen LogP contribution in [0.25, 0.3) is 10.9 Å². The molecule has 8 nitrogen and oxygen atoms in total. The Kier molecular flexibility index (Phi) is 24.4. The molecule has 8 heteroatoms. The van der Waals surface area contributed by atoms with Crippen molar-refractivity contribution in [1.82, 2.24) is 10.3 Å². The van der Waals surface area contributed by atoms with Crippen molar-refractivity contribution < 1.29 is 14.6 Å². The average Bonchev–Trinajstić information content (AvgIpc) is 3.27. The summed E-state index contributed by atoms with van der Waals surface area (Å²) >= 11 is 0. The van der Waals surface area contributed by atoms with Crippen molar-refractivity contribution in [3.05, 3.63) is 54.4 Å². The van der Waals surface area contributed by atoms with Crippen LogP contribution < -0.4 is 15.8 Å². The van der Waals surface area contributed by atoms with Crippen molar-refractivity contribution in [3.8, 4) is 5.75 Å². The number of rotatable bonds is 11. The predicted molar refractivity (Wildman–Crippen MR) is 151 cm³/mol. The lowest BCUT2D eigenvalue weighted by Crippen LogP contribution is -2.06. The molecule has 0 radical (unpaired) electrons. The Labute approximate surface area is 211 Å². The Morgan fingerprint density at radius 3 is 2.31 bits per heavy atom. The zero-order chi connectivity index (χ0) is 26.7. The van der Waals surface area contributed by atoms with Gasteiger partial charge in [0, 0.05) is 22.7 Å². The van der Waals surface area contributed by atoms with Crippen LogP contribution in [0.15, 0.2) is 59.1 Å². The van der Waals surface area contributed by atoms with Crippen molar-refractivity contribution in [2.75, 3.05) is 20.7 Å². The van der Waals surface area contributed by atoms with Crippen LogP contribution in [0.4, 0.5) is 0 Å². The minimum absolute atomic E-state index is 0.105. The zero-order valence-electron chi connectivity index (χ0n) is 22.1. The van der Waals surface area contributed by atoms with Crippen LogP contribution in [0.1, 0.15) is 64.9 Å². The SMILES string of the molecule is C=C(O)/C=C/C=O.CCCCC.CCCCCNC.COc1ccc2[nH]cc(/C=N/N=C\N)c2c1. The highest BCUT2D eigenvalue weighted by molar-refractivity contribution is 5.99. The van der Waals surface area contributed by atoms with Crippen molar-refractivity contribution in [2.24, 2.45) is 15.9 Å². The van der Waals surface area contributed by atoms with E-state index in [1.165, 1.54) is 57.2 Å². The maximum atomic E-state index is 9.47. The summed E-state index contributed by atoms with van der Waals surface area (Å²) in [5, 5.41) is 19.8. The van der Waals surface area contributed by atoms with E-state index in [1.807, 2.05) is 31.4 Å². The number of carbonyl (C=O) groups is 1. The molecule has 0 aliphatic rings. The highest BCUT2D eigenvalue weighted by atomic mass is 16.5. The van der Waals surface area contributed by atoms with Crippen molar-refractivity contribution in [1.29, 1.82) is 0 Å². The molecule has 0 aliphatic carbocycles. The molecule has 0 saturated heterocycles. The molecule has 1 aromatic carbocycles. The first kappa shape index (κ1) is 33.8. The van der Waals surface area contributed by atoms with E-state index >= 15 is 0 Å². The fraction of sp³-hybridized carbons (Fsp3) is 0.444. The molecule has 0 fully saturated rings. The van der Waals surface area contributed by atoms with Gasteiger partial charge in [0.25, 0.3) is 0 Å². The van der Waals surface area contributed by atoms with E-state index in [0.717, 1.165) is 28.6 Å². The number of ether oxygens (including phenoxy) is 1. The fourth-order valence-electron chi connectivity index (χ4n) is 2.54. The van der Waals surface area contributed by atoms with Gasteiger partial charge in [0.15, 0.2) is 0 Å². The Morgan fingerprint density at radius 2 is 1.86 bits per heavy atom. The second-order valence-corrected chi connectivity index (χ2v) is 7.32. The number of carbonyl (C=O) groups excluding carboxylic acids is 1. The van der Waals surface area contributed by atoms with Gasteiger partial charge in [0.2, 0.25) is 0 Å². The van der Waals surface area contributed by atoms with E-state index in [9.17, 15) is 4.79 Å². The minimum Gasteiger partial charge on any atom is -0.509 e. The van der Waals surface area contributed by atoms with Gasteiger partial charge in [-0.3, -0.25) is 4.79 Å². The number of hydrogen-bond acceptors (Lipinski definition) is 6. The Bertz CT molecular complexity index is 867. The first-order valence-electron chi connectivity index (χ1n) is 12.0. The molecule has 0 spiro atoms. The third-order valence-electron chi connectivity index (χ3n) is 4.36. The maximum Gasteiger partial charge on any atom is 0.142 e. The topological polar surface area (TPSA) is 125 Å². The largest absolute Gasteiger partial charge is 0.509 e. The van der Waals surface area contributed by atoms with Gasteiger partial charge in [-0.15, -0.1) is 5.10 Å². The number of fused-ring (bicyclic) bond motifs is 1. The predicted octanol–water partition coefficient (Wildman–Crippen LogP) is 5.90. The number of hydrogen-bond donors (Lipinski definition) is 4. The molecule has 0 saturated carbocycles. The molecule has 1 heterocycles. The highest BCUT2D eigenvalue weighted by Crippen LogP contribution is 2.22. The number of aliphatic hydroxyl groups excluding tert-OH is 1. The molecular formula is C27H45N5O3. The summed E-state index contributed by atoms with van der Waals surface area (Å²) in [4.78, 5) is 12.6. The first-order valence-corrected chi connectivity index (χ1v) is 12.0. The van der Waals surface area contributed by atoms with Gasteiger partial charge in [-0.2, -0.15) is 5.10 Å². The highest BCUT2D eigenvalue weighted by Gasteiger charge is 2.02.